The SMILES string of the molecule is Cc1ccc(COCC(F)F)c(N2C(=O)CS/C2=N\C(=O)Nc2ccc(C(N)=NC=Nc3ccc(OCCF)cc3)cc2C)c1. The van der Waals surface area contributed by atoms with E-state index in [2.05, 4.69) is 20.3 Å². The van der Waals surface area contributed by atoms with Gasteiger partial charge in [0, 0.05) is 16.8 Å². The van der Waals surface area contributed by atoms with Crippen LogP contribution >= 0.6 is 11.8 Å². The van der Waals surface area contributed by atoms with Gasteiger partial charge in [-0.15, -0.1) is 0 Å². The maximum atomic E-state index is 12.9. The minimum absolute atomic E-state index is 0.0158. The van der Waals surface area contributed by atoms with Gasteiger partial charge in [-0.3, -0.25) is 9.69 Å². The van der Waals surface area contributed by atoms with E-state index in [1.807, 2.05) is 6.92 Å². The number of aryl methyl sites for hydroxylation is 2. The van der Waals surface area contributed by atoms with Crippen LogP contribution < -0.4 is 20.7 Å². The highest BCUT2D eigenvalue weighted by Crippen LogP contribution is 2.31. The lowest BCUT2D eigenvalue weighted by Gasteiger charge is -2.20. The Hall–Kier alpha value is -4.69. The van der Waals surface area contributed by atoms with Gasteiger partial charge in [-0.05, 0) is 73.5 Å². The van der Waals surface area contributed by atoms with Gasteiger partial charge in [-0.1, -0.05) is 23.9 Å². The number of nitrogens with two attached hydrogens (primary N) is 1. The molecule has 45 heavy (non-hydrogen) atoms. The van der Waals surface area contributed by atoms with Crippen LogP contribution in [0.25, 0.3) is 0 Å². The Bertz CT molecular complexity index is 1620. The minimum Gasteiger partial charge on any atom is -0.491 e. The molecule has 3 N–H and O–H groups in total. The minimum atomic E-state index is -2.62. The molecule has 3 amide bonds. The van der Waals surface area contributed by atoms with Crippen LogP contribution in [0.15, 0.2) is 75.6 Å². The Balaban J connectivity index is 1.43. The molecular weight excluding hydrogens is 609 g/mol. The molecule has 0 spiro atoms. The summed E-state index contributed by atoms with van der Waals surface area (Å²) in [4.78, 5) is 39.6. The van der Waals surface area contributed by atoms with E-state index in [9.17, 15) is 22.8 Å². The first-order chi connectivity index (χ1) is 21.6. The van der Waals surface area contributed by atoms with Gasteiger partial charge in [0.1, 0.15) is 37.8 Å². The third kappa shape index (κ3) is 9.40. The van der Waals surface area contributed by atoms with Crippen LogP contribution in [0.2, 0.25) is 0 Å². The van der Waals surface area contributed by atoms with Crippen LogP contribution in [0.4, 0.5) is 35.0 Å². The molecule has 3 aromatic rings. The summed E-state index contributed by atoms with van der Waals surface area (Å²) in [7, 11) is 0. The van der Waals surface area contributed by atoms with E-state index >= 15 is 0 Å². The summed E-state index contributed by atoms with van der Waals surface area (Å²) in [6, 6.07) is 16.3. The number of amides is 3. The Morgan fingerprint density at radius 2 is 1.91 bits per heavy atom. The first kappa shape index (κ1) is 33.2. The molecule has 236 valence electrons. The lowest BCUT2D eigenvalue weighted by atomic mass is 10.1. The molecule has 1 aliphatic heterocycles. The van der Waals surface area contributed by atoms with Gasteiger partial charge < -0.3 is 20.5 Å². The summed E-state index contributed by atoms with van der Waals surface area (Å²) in [5.74, 6) is 0.497. The van der Waals surface area contributed by atoms with Crippen molar-refractivity contribution in [2.24, 2.45) is 20.7 Å². The highest BCUT2D eigenvalue weighted by molar-refractivity contribution is 8.15. The number of rotatable bonds is 12. The number of amidine groups is 2. The fourth-order valence-electron chi connectivity index (χ4n) is 4.15. The van der Waals surface area contributed by atoms with Crippen LogP contribution in [-0.4, -0.2) is 61.3 Å². The molecule has 1 aliphatic rings. The van der Waals surface area contributed by atoms with E-state index in [0.717, 1.165) is 17.3 Å². The normalized spacial score (nSPS) is 14.6. The van der Waals surface area contributed by atoms with Gasteiger partial charge in [0.15, 0.2) is 5.17 Å². The molecular formula is C31H31F3N6O4S. The van der Waals surface area contributed by atoms with E-state index in [1.54, 1.807) is 67.6 Å². The van der Waals surface area contributed by atoms with Crippen molar-refractivity contribution in [3.05, 3.63) is 82.9 Å². The van der Waals surface area contributed by atoms with Crippen molar-refractivity contribution < 1.29 is 32.2 Å². The second kappa shape index (κ2) is 15.9. The van der Waals surface area contributed by atoms with Crippen molar-refractivity contribution in [3.8, 4) is 5.75 Å². The summed E-state index contributed by atoms with van der Waals surface area (Å²) in [5, 5.41) is 2.88. The molecule has 0 unspecified atom stereocenters. The van der Waals surface area contributed by atoms with E-state index < -0.39 is 25.7 Å². The number of hydrogen-bond donors (Lipinski definition) is 2. The summed E-state index contributed by atoms with van der Waals surface area (Å²) in [5.41, 5.74) is 10.3. The van der Waals surface area contributed by atoms with E-state index in [0.29, 0.717) is 39.5 Å². The second-order valence-corrected chi connectivity index (χ2v) is 10.6. The smallest absolute Gasteiger partial charge is 0.347 e. The van der Waals surface area contributed by atoms with Crippen LogP contribution in [0, 0.1) is 13.8 Å². The quantitative estimate of drug-likeness (QED) is 0.180. The zero-order valence-corrected chi connectivity index (χ0v) is 25.3. The number of aliphatic imine (C=N–C) groups is 3. The third-order valence-electron chi connectivity index (χ3n) is 6.30. The Kier molecular flexibility index (Phi) is 11.7. The van der Waals surface area contributed by atoms with E-state index in [1.165, 1.54) is 11.2 Å². The maximum absolute atomic E-state index is 12.9. The van der Waals surface area contributed by atoms with Crippen LogP contribution in [0.1, 0.15) is 22.3 Å². The van der Waals surface area contributed by atoms with Crippen molar-refractivity contribution in [1.82, 2.24) is 0 Å². The average molecular weight is 641 g/mol. The fourth-order valence-corrected chi connectivity index (χ4v) is 5.01. The molecule has 0 saturated carbocycles. The number of anilines is 2. The van der Waals surface area contributed by atoms with Gasteiger partial charge in [0.05, 0.1) is 23.7 Å². The van der Waals surface area contributed by atoms with Crippen molar-refractivity contribution in [2.75, 3.05) is 35.9 Å². The number of nitrogens with zero attached hydrogens (tertiary/aromatic N) is 4. The predicted octanol–water partition coefficient (Wildman–Crippen LogP) is 6.17. The van der Waals surface area contributed by atoms with Gasteiger partial charge in [0.2, 0.25) is 5.91 Å². The second-order valence-electron chi connectivity index (χ2n) is 9.70. The molecule has 1 heterocycles. The maximum Gasteiger partial charge on any atom is 0.347 e. The van der Waals surface area contributed by atoms with E-state index in [4.69, 9.17) is 15.2 Å². The molecule has 1 fully saturated rings. The van der Waals surface area contributed by atoms with Gasteiger partial charge >= 0.3 is 6.03 Å². The molecule has 1 saturated heterocycles. The number of benzene rings is 3. The molecule has 0 aromatic heterocycles. The number of ether oxygens (including phenoxy) is 2. The number of carbonyl (C=O) groups is 2. The summed E-state index contributed by atoms with van der Waals surface area (Å²) < 4.78 is 47.7. The topological polar surface area (TPSA) is 131 Å². The zero-order chi connectivity index (χ0) is 32.3. The Morgan fingerprint density at radius 1 is 1.13 bits per heavy atom. The number of alkyl halides is 3. The first-order valence-electron chi connectivity index (χ1n) is 13.7. The lowest BCUT2D eigenvalue weighted by Crippen LogP contribution is -2.31. The number of halogens is 3. The van der Waals surface area contributed by atoms with Crippen molar-refractivity contribution >= 4 is 58.1 Å². The molecule has 4 rings (SSSR count). The van der Waals surface area contributed by atoms with Crippen LogP contribution in [0.5, 0.6) is 5.75 Å². The van der Waals surface area contributed by atoms with Crippen LogP contribution in [-0.2, 0) is 16.1 Å². The van der Waals surface area contributed by atoms with Crippen molar-refractivity contribution in [3.63, 3.8) is 0 Å². The summed E-state index contributed by atoms with van der Waals surface area (Å²) >= 11 is 1.10. The Labute approximate surface area is 262 Å². The van der Waals surface area contributed by atoms with Gasteiger partial charge in [-0.2, -0.15) is 4.99 Å². The monoisotopic (exact) mass is 640 g/mol. The summed E-state index contributed by atoms with van der Waals surface area (Å²) in [6.07, 6.45) is -1.31. The predicted molar refractivity (Wildman–Crippen MR) is 171 cm³/mol. The lowest BCUT2D eigenvalue weighted by molar-refractivity contribution is -0.115. The Morgan fingerprint density at radius 3 is 2.62 bits per heavy atom. The van der Waals surface area contributed by atoms with E-state index in [-0.39, 0.29) is 35.9 Å². The number of hydrogen-bond acceptors (Lipinski definition) is 6. The van der Waals surface area contributed by atoms with Crippen molar-refractivity contribution in [1.29, 1.82) is 0 Å². The molecule has 0 radical (unpaired) electrons. The number of urea groups is 1. The highest BCUT2D eigenvalue weighted by Gasteiger charge is 2.32. The third-order valence-corrected chi connectivity index (χ3v) is 7.22. The fraction of sp³-hybridized carbons (Fsp3) is 0.258. The molecule has 3 aromatic carbocycles. The molecule has 14 heteroatoms. The van der Waals surface area contributed by atoms with Gasteiger partial charge in [0.25, 0.3) is 6.43 Å². The average Bonchev–Trinajstić information content (AvgIpc) is 3.37. The zero-order valence-electron chi connectivity index (χ0n) is 24.5. The summed E-state index contributed by atoms with van der Waals surface area (Å²) in [6.45, 7) is 2.14. The molecule has 0 aliphatic carbocycles. The number of thioether (sulfide) groups is 1. The standard InChI is InChI=1S/C31H31F3N6O4S/c1-19-3-4-22(15-43-16-27(33)34)26(13-19)40-28(41)17-45-31(40)39-30(42)38-25-10-5-21(14-20(25)2)29(35)37-18-36-23-6-8-24(9-7-23)44-12-11-32/h3-10,13-14,18,27H,11-12,15-17H2,1-2H3,(H,38,42)(H2,35,36,37)/b39-31-. The molecule has 0 bridgehead atoms. The highest BCUT2D eigenvalue weighted by atomic mass is 32.2. The molecule has 10 nitrogen and oxygen atoms in total. The van der Waals surface area contributed by atoms with Crippen LogP contribution in [0.3, 0.4) is 0 Å². The molecule has 0 atom stereocenters. The van der Waals surface area contributed by atoms with Crippen molar-refractivity contribution in [2.45, 2.75) is 26.9 Å². The largest absolute Gasteiger partial charge is 0.491 e. The first-order valence-corrected chi connectivity index (χ1v) is 14.7. The number of carbonyl (C=O) groups excluding carboxylic acids is 2. The number of nitrogens with one attached hydrogen (secondary N) is 1. The van der Waals surface area contributed by atoms with Gasteiger partial charge in [-0.25, -0.2) is 28.0 Å².